The van der Waals surface area contributed by atoms with Gasteiger partial charge in [-0.2, -0.15) is 5.10 Å². The Balaban J connectivity index is 1.48. The van der Waals surface area contributed by atoms with Gasteiger partial charge in [-0.3, -0.25) is 24.3 Å². The molecule has 34 heavy (non-hydrogen) atoms. The van der Waals surface area contributed by atoms with E-state index >= 15 is 0 Å². The van der Waals surface area contributed by atoms with Crippen molar-refractivity contribution >= 4 is 27.8 Å². The van der Waals surface area contributed by atoms with Crippen LogP contribution < -0.4 is 10.5 Å². The largest absolute Gasteiger partial charge is 0.364 e. The van der Waals surface area contributed by atoms with Crippen molar-refractivity contribution in [3.63, 3.8) is 0 Å². The number of piperazine rings is 1. The lowest BCUT2D eigenvalue weighted by molar-refractivity contribution is 0.106. The van der Waals surface area contributed by atoms with Crippen LogP contribution in [0.25, 0.3) is 22.1 Å². The van der Waals surface area contributed by atoms with E-state index in [9.17, 15) is 4.79 Å². The highest BCUT2D eigenvalue weighted by Gasteiger charge is 2.35. The van der Waals surface area contributed by atoms with Gasteiger partial charge in [-0.1, -0.05) is 13.0 Å². The highest BCUT2D eigenvalue weighted by atomic mass is 16.1. The molecule has 8 heteroatoms. The zero-order chi connectivity index (χ0) is 24.0. The molecule has 178 valence electrons. The molecule has 1 aromatic carbocycles. The summed E-state index contributed by atoms with van der Waals surface area (Å²) in [6.07, 6.45) is 6.48. The van der Waals surface area contributed by atoms with Crippen LogP contribution in [0.5, 0.6) is 0 Å². The van der Waals surface area contributed by atoms with Crippen molar-refractivity contribution in [3.05, 3.63) is 58.8 Å². The van der Waals surface area contributed by atoms with Gasteiger partial charge in [-0.05, 0) is 44.9 Å². The third-order valence-electron chi connectivity index (χ3n) is 7.40. The summed E-state index contributed by atoms with van der Waals surface area (Å²) in [5.74, 6) is 0. The minimum atomic E-state index is 0.00599. The van der Waals surface area contributed by atoms with Gasteiger partial charge in [0.1, 0.15) is 5.52 Å². The molecule has 1 aliphatic rings. The maximum absolute atomic E-state index is 12.8. The Morgan fingerprint density at radius 2 is 1.85 bits per heavy atom. The molecule has 0 radical (unpaired) electrons. The Kier molecular flexibility index (Phi) is 5.85. The normalized spacial score (nSPS) is 20.3. The summed E-state index contributed by atoms with van der Waals surface area (Å²) in [5.41, 5.74) is 5.85. The van der Waals surface area contributed by atoms with Crippen LogP contribution in [0.3, 0.4) is 0 Å². The second-order valence-corrected chi connectivity index (χ2v) is 9.39. The molecule has 0 amide bonds. The van der Waals surface area contributed by atoms with E-state index in [4.69, 9.17) is 5.10 Å². The van der Waals surface area contributed by atoms with Crippen molar-refractivity contribution in [1.82, 2.24) is 29.2 Å². The summed E-state index contributed by atoms with van der Waals surface area (Å²) in [6, 6.07) is 9.02. The molecule has 4 aromatic rings. The molecule has 0 aliphatic carbocycles. The van der Waals surface area contributed by atoms with Crippen LogP contribution in [0.15, 0.2) is 47.7 Å². The molecule has 0 saturated carbocycles. The Morgan fingerprint density at radius 1 is 1.09 bits per heavy atom. The molecule has 0 N–H and O–H groups in total. The number of pyridine rings is 1. The van der Waals surface area contributed by atoms with E-state index in [1.165, 1.54) is 5.56 Å². The minimum absolute atomic E-state index is 0.00599. The van der Waals surface area contributed by atoms with Crippen LogP contribution in [-0.4, -0.2) is 54.4 Å². The molecule has 0 bridgehead atoms. The first-order valence-electron chi connectivity index (χ1n) is 12.2. The maximum Gasteiger partial charge on any atom is 0.252 e. The topological polar surface area (TPSA) is 72.1 Å². The van der Waals surface area contributed by atoms with Crippen LogP contribution in [-0.2, 0) is 13.6 Å². The van der Waals surface area contributed by atoms with Crippen molar-refractivity contribution in [2.24, 2.45) is 7.05 Å². The molecule has 1 aliphatic heterocycles. The zero-order valence-corrected chi connectivity index (χ0v) is 20.6. The number of fused-ring (bicyclic) bond motifs is 2. The number of rotatable bonds is 5. The van der Waals surface area contributed by atoms with E-state index in [1.807, 2.05) is 17.9 Å². The molecule has 0 spiro atoms. The predicted molar refractivity (Wildman–Crippen MR) is 136 cm³/mol. The smallest absolute Gasteiger partial charge is 0.252 e. The number of benzene rings is 1. The second kappa shape index (κ2) is 8.83. The van der Waals surface area contributed by atoms with Crippen molar-refractivity contribution < 1.29 is 0 Å². The first-order valence-corrected chi connectivity index (χ1v) is 12.2. The van der Waals surface area contributed by atoms with Crippen LogP contribution in [0, 0.1) is 0 Å². The molecule has 5 rings (SSSR count). The number of aryl methyl sites for hydroxylation is 2. The van der Waals surface area contributed by atoms with Gasteiger partial charge in [0.2, 0.25) is 0 Å². The van der Waals surface area contributed by atoms with Crippen LogP contribution in [0.1, 0.15) is 45.7 Å². The predicted octanol–water partition coefficient (Wildman–Crippen LogP) is 3.75. The van der Waals surface area contributed by atoms with E-state index in [2.05, 4.69) is 65.7 Å². The highest BCUT2D eigenvalue weighted by Crippen LogP contribution is 2.33. The molecule has 3 atom stereocenters. The van der Waals surface area contributed by atoms with Crippen molar-refractivity contribution in [2.45, 2.75) is 58.8 Å². The average Bonchev–Trinajstić information content (AvgIpc) is 3.30. The van der Waals surface area contributed by atoms with Gasteiger partial charge in [-0.25, -0.2) is 0 Å². The Hall–Kier alpha value is -3.26. The minimum Gasteiger partial charge on any atom is -0.364 e. The fourth-order valence-electron chi connectivity index (χ4n) is 5.29. The number of hydrogen-bond donors (Lipinski definition) is 0. The number of anilines is 1. The third kappa shape index (κ3) is 3.76. The van der Waals surface area contributed by atoms with Gasteiger partial charge >= 0.3 is 0 Å². The van der Waals surface area contributed by atoms with Gasteiger partial charge in [0.15, 0.2) is 0 Å². The van der Waals surface area contributed by atoms with Crippen molar-refractivity contribution in [2.75, 3.05) is 18.0 Å². The van der Waals surface area contributed by atoms with Gasteiger partial charge in [-0.15, -0.1) is 0 Å². The summed E-state index contributed by atoms with van der Waals surface area (Å²) in [6.45, 7) is 11.4. The van der Waals surface area contributed by atoms with Gasteiger partial charge in [0.25, 0.3) is 5.56 Å². The lowest BCUT2D eigenvalue weighted by Gasteiger charge is -2.48. The van der Waals surface area contributed by atoms with Crippen molar-refractivity contribution in [1.29, 1.82) is 0 Å². The highest BCUT2D eigenvalue weighted by molar-refractivity contribution is 5.88. The Morgan fingerprint density at radius 3 is 2.59 bits per heavy atom. The molecule has 1 saturated heterocycles. The summed E-state index contributed by atoms with van der Waals surface area (Å²) >= 11 is 0. The number of hydrogen-bond acceptors (Lipinski definition) is 6. The van der Waals surface area contributed by atoms with E-state index in [1.54, 1.807) is 23.0 Å². The van der Waals surface area contributed by atoms with E-state index < -0.39 is 0 Å². The fraction of sp³-hybridized carbons (Fsp3) is 0.462. The monoisotopic (exact) mass is 459 g/mol. The van der Waals surface area contributed by atoms with E-state index in [-0.39, 0.29) is 17.6 Å². The van der Waals surface area contributed by atoms with Crippen molar-refractivity contribution in [3.8, 4) is 0 Å². The quantitative estimate of drug-likeness (QED) is 0.453. The van der Waals surface area contributed by atoms with E-state index in [0.29, 0.717) is 6.04 Å². The third-order valence-corrected chi connectivity index (χ3v) is 7.40. The number of aromatic nitrogens is 5. The van der Waals surface area contributed by atoms with E-state index in [0.717, 1.165) is 53.8 Å². The number of nitrogens with zero attached hydrogens (tertiary/aromatic N) is 7. The molecular formula is C26H33N7O. The van der Waals surface area contributed by atoms with Crippen LogP contribution >= 0.6 is 0 Å². The van der Waals surface area contributed by atoms with Crippen LogP contribution in [0.4, 0.5) is 5.69 Å². The molecular weight excluding hydrogens is 426 g/mol. The summed E-state index contributed by atoms with van der Waals surface area (Å²) in [7, 11) is 1.82. The zero-order valence-electron chi connectivity index (χ0n) is 20.6. The summed E-state index contributed by atoms with van der Waals surface area (Å²) < 4.78 is 3.61. The standard InChI is InChI=1S/C26H33N7O/c1-6-20-15-32(23-13-25(34)30(5)24-16-31(7-2)29-26(23)24)17(3)14-33(20)18(4)19-8-9-21-22(12-19)28-11-10-27-21/h8-13,16-18,20H,6-7,14-15H2,1-5H3/t17-,18-,20+/m0/s1. The SMILES string of the molecule is CC[C@@H]1CN(c2cc(=O)n(C)c3cn(CC)nc23)[C@@H](C)CN1[C@@H](C)c1ccc2nccnc2c1. The maximum atomic E-state index is 12.8. The first-order chi connectivity index (χ1) is 16.4. The van der Waals surface area contributed by atoms with Gasteiger partial charge in [0.05, 0.1) is 22.2 Å². The molecule has 4 heterocycles. The Labute approximate surface area is 199 Å². The molecule has 3 aromatic heterocycles. The fourth-order valence-corrected chi connectivity index (χ4v) is 5.29. The lowest BCUT2D eigenvalue weighted by atomic mass is 9.98. The average molecular weight is 460 g/mol. The van der Waals surface area contributed by atoms with Gasteiger partial charge in [0, 0.05) is 69.5 Å². The first kappa shape index (κ1) is 22.5. The molecule has 8 nitrogen and oxygen atoms in total. The second-order valence-electron chi connectivity index (χ2n) is 9.39. The summed E-state index contributed by atoms with van der Waals surface area (Å²) in [4.78, 5) is 26.7. The summed E-state index contributed by atoms with van der Waals surface area (Å²) in [5, 5.41) is 4.81. The lowest BCUT2D eigenvalue weighted by Crippen LogP contribution is -2.58. The van der Waals surface area contributed by atoms with Gasteiger partial charge < -0.3 is 9.47 Å². The Bertz CT molecular complexity index is 1390. The molecule has 0 unspecified atom stereocenters. The van der Waals surface area contributed by atoms with Crippen LogP contribution in [0.2, 0.25) is 0 Å². The molecule has 1 fully saturated rings.